The molecule has 0 N–H and O–H groups in total. The van der Waals surface area contributed by atoms with Crippen LogP contribution in [-0.2, 0) is 30.5 Å². The summed E-state index contributed by atoms with van der Waals surface area (Å²) in [4.78, 5) is 5.67. The Morgan fingerprint density at radius 1 is 1.17 bits per heavy atom. The van der Waals surface area contributed by atoms with Gasteiger partial charge in [-0.3, -0.25) is 4.90 Å². The normalized spacial score (nSPS) is 43.3. The molecule has 2 fully saturated rings. The first-order chi connectivity index (χ1) is 25.2. The van der Waals surface area contributed by atoms with Gasteiger partial charge in [-0.15, -0.1) is 0 Å². The molecular weight excluding hydrogens is 449 g/mol. The topological polar surface area (TPSA) is 24.8 Å². The Balaban J connectivity index is 1.78. The fourth-order valence-electron chi connectivity index (χ4n) is 3.39. The molecule has 2 aromatic carbocycles. The average Bonchev–Trinajstić information content (AvgIpc) is 3.03. The van der Waals surface area contributed by atoms with Gasteiger partial charge in [0.05, 0.1) is 11.3 Å². The van der Waals surface area contributed by atoms with Crippen molar-refractivity contribution in [2.45, 2.75) is 84.1 Å². The molecule has 0 aromatic heterocycles. The van der Waals surface area contributed by atoms with Crippen molar-refractivity contribution in [3.05, 3.63) is 69.8 Å². The summed E-state index contributed by atoms with van der Waals surface area (Å²) in [6.45, 7) is -12.8. The fraction of sp³-hybridized carbons (Fsp3) is 0.552. The molecule has 2 aliphatic rings. The molecule has 2 aromatic rings. The van der Waals surface area contributed by atoms with Crippen molar-refractivity contribution in [1.82, 2.24) is 4.90 Å². The molecule has 0 radical (unpaired) electrons. The van der Waals surface area contributed by atoms with Crippen molar-refractivity contribution in [3.63, 3.8) is 0 Å². The highest BCUT2D eigenvalue weighted by atomic mass is 19.4. The van der Waals surface area contributed by atoms with Gasteiger partial charge in [0.25, 0.3) is 0 Å². The monoisotopic (exact) mass is 508 g/mol. The van der Waals surface area contributed by atoms with Crippen molar-refractivity contribution in [1.29, 1.82) is 0 Å². The van der Waals surface area contributed by atoms with Crippen LogP contribution in [-0.4, -0.2) is 23.6 Å². The van der Waals surface area contributed by atoms with E-state index in [0.29, 0.717) is 24.0 Å². The quantitative estimate of drug-likeness (QED) is 0.269. The Morgan fingerprint density at radius 2 is 1.97 bits per heavy atom. The second-order valence-electron chi connectivity index (χ2n) is 7.71. The van der Waals surface area contributed by atoms with E-state index in [1.165, 1.54) is 0 Å². The van der Waals surface area contributed by atoms with Gasteiger partial charge in [0, 0.05) is 36.7 Å². The number of rotatable bonds is 8. The minimum atomic E-state index is -5.39. The number of alkyl halides is 3. The van der Waals surface area contributed by atoms with Crippen molar-refractivity contribution >= 4 is 5.71 Å². The van der Waals surface area contributed by atoms with Crippen LogP contribution in [0.25, 0.3) is 0 Å². The highest BCUT2D eigenvalue weighted by molar-refractivity contribution is 5.98. The molecule has 35 heavy (non-hydrogen) atoms. The number of nitrogens with zero attached hydrogens (tertiary/aromatic N) is 2. The van der Waals surface area contributed by atoms with Gasteiger partial charge >= 0.3 is 6.18 Å². The smallest absolute Gasteiger partial charge is 0.391 e. The van der Waals surface area contributed by atoms with E-state index in [0.717, 1.165) is 24.3 Å². The van der Waals surface area contributed by atoms with Gasteiger partial charge in [0.15, 0.2) is 0 Å². The van der Waals surface area contributed by atoms with E-state index in [4.69, 9.17) is 35.0 Å². The molecule has 1 heterocycles. The molecular formula is C29H37F3N2O. The van der Waals surface area contributed by atoms with Gasteiger partial charge in [0.2, 0.25) is 0 Å². The van der Waals surface area contributed by atoms with E-state index in [-0.39, 0.29) is 5.56 Å². The number of likely N-dealkylation sites (tertiary alicyclic amines) is 1. The number of hydrogen-bond donors (Lipinski definition) is 0. The molecule has 0 unspecified atom stereocenters. The Hall–Kier alpha value is -2.34. The van der Waals surface area contributed by atoms with Crippen molar-refractivity contribution in [2.75, 3.05) is 13.0 Å². The zero-order valence-corrected chi connectivity index (χ0v) is 18.5. The fourth-order valence-corrected chi connectivity index (χ4v) is 3.39. The van der Waals surface area contributed by atoms with Gasteiger partial charge in [-0.05, 0) is 97.1 Å². The summed E-state index contributed by atoms with van der Waals surface area (Å²) in [6.07, 6.45) is -24.8. The second-order valence-corrected chi connectivity index (χ2v) is 7.71. The van der Waals surface area contributed by atoms with Gasteiger partial charge in [0.1, 0.15) is 6.61 Å². The third-order valence-electron chi connectivity index (χ3n) is 5.22. The third kappa shape index (κ3) is 6.46. The molecule has 1 saturated carbocycles. The van der Waals surface area contributed by atoms with E-state index in [2.05, 4.69) is 5.16 Å². The van der Waals surface area contributed by atoms with Crippen LogP contribution in [0.4, 0.5) is 13.2 Å². The summed E-state index contributed by atoms with van der Waals surface area (Å²) in [6, 6.07) is 4.59. The lowest BCUT2D eigenvalue weighted by molar-refractivity contribution is -0.138. The summed E-state index contributed by atoms with van der Waals surface area (Å²) < 4.78 is 223. The molecule has 0 amide bonds. The van der Waals surface area contributed by atoms with Crippen LogP contribution in [0.1, 0.15) is 122 Å². The zero-order valence-electron chi connectivity index (χ0n) is 40.5. The van der Waals surface area contributed by atoms with Crippen molar-refractivity contribution in [2.24, 2.45) is 11.0 Å². The maximum Gasteiger partial charge on any atom is 0.416 e. The maximum absolute atomic E-state index is 14.6. The third-order valence-corrected chi connectivity index (χ3v) is 5.22. The Morgan fingerprint density at radius 3 is 2.69 bits per heavy atom. The number of hydrogen-bond acceptors (Lipinski definition) is 3. The van der Waals surface area contributed by atoms with Crippen LogP contribution in [0.3, 0.4) is 0 Å². The van der Waals surface area contributed by atoms with Gasteiger partial charge in [-0.25, -0.2) is 0 Å². The molecule has 3 nitrogen and oxygen atoms in total. The molecule has 1 aliphatic carbocycles. The Kier molecular flexibility index (Phi) is 3.14. The number of oxime groups is 1. The molecule has 0 bridgehead atoms. The lowest BCUT2D eigenvalue weighted by Gasteiger charge is -2.31. The van der Waals surface area contributed by atoms with Crippen LogP contribution >= 0.6 is 0 Å². The summed E-state index contributed by atoms with van der Waals surface area (Å²) in [5, 5.41) is 3.54. The standard InChI is InChI=1S/C29H37F3N2O/c1-4-23-17-25(11-12-26(23)18-34-14-5-15-34)21(3)33-35-19-22-8-13-27(28(16-22)29(30,31)32)24-9-6-20(2)7-10-24/h8,11-13,16-17,20,24H,4-7,9-10,14-15,18-19H2,1-3H3/b33-21+/i1D3,3D3,4D2,5D,6D2,7D2,9D2,10D2,14D2,15D2,20D. The van der Waals surface area contributed by atoms with E-state index in [9.17, 15) is 13.2 Å². The summed E-state index contributed by atoms with van der Waals surface area (Å²) >= 11 is 0. The molecule has 4 rings (SSSR count). The van der Waals surface area contributed by atoms with Crippen LogP contribution in [0, 0.1) is 5.89 Å². The predicted octanol–water partition coefficient (Wildman–Crippen LogP) is 7.71. The van der Waals surface area contributed by atoms with Crippen LogP contribution < -0.4 is 0 Å². The second kappa shape index (κ2) is 11.2. The molecule has 1 aliphatic heterocycles. The van der Waals surface area contributed by atoms with Gasteiger partial charge in [-0.2, -0.15) is 13.2 Å². The van der Waals surface area contributed by atoms with E-state index < -0.39 is 130 Å². The van der Waals surface area contributed by atoms with Crippen LogP contribution in [0.15, 0.2) is 41.6 Å². The van der Waals surface area contributed by atoms with Gasteiger partial charge in [-0.1, -0.05) is 55.9 Å². The van der Waals surface area contributed by atoms with E-state index >= 15 is 0 Å². The molecule has 0 spiro atoms. The van der Waals surface area contributed by atoms with Gasteiger partial charge < -0.3 is 4.84 Å². The van der Waals surface area contributed by atoms with Crippen LogP contribution in [0.5, 0.6) is 0 Å². The van der Waals surface area contributed by atoms with Crippen molar-refractivity contribution < 1.29 is 48.2 Å². The maximum atomic E-state index is 14.6. The highest BCUT2D eigenvalue weighted by Crippen LogP contribution is 2.42. The predicted molar refractivity (Wildman–Crippen MR) is 135 cm³/mol. The van der Waals surface area contributed by atoms with Crippen molar-refractivity contribution in [3.8, 4) is 0 Å². The SMILES string of the molecule is [2H]C1C([2H])([2H])N(Cc2ccc(/C(=N/OCc3ccc(C4C([2H])([2H])C([2H])([2H])C([2H])(C)C([2H])([2H])C4([2H])[2H])c(C(F)(F)F)c3)C([2H])([2H])[2H])cc2C([2H])([2H])C([2H])([2H])[2H])C1([2H])[2H]. The first-order valence-corrected chi connectivity index (χ1v) is 10.4. The first kappa shape index (κ1) is 9.85. The Labute approximate surface area is 238 Å². The lowest BCUT2D eigenvalue weighted by atomic mass is 9.78. The lowest BCUT2D eigenvalue weighted by Crippen LogP contribution is -2.36. The van der Waals surface area contributed by atoms with E-state index in [1.54, 1.807) is 0 Å². The highest BCUT2D eigenvalue weighted by Gasteiger charge is 2.36. The minimum absolute atomic E-state index is 0.287. The Bertz CT molecular complexity index is 1860. The molecule has 1 saturated heterocycles. The molecule has 190 valence electrons. The van der Waals surface area contributed by atoms with Crippen LogP contribution in [0.2, 0.25) is 0 Å². The number of aryl methyl sites for hydroxylation is 1. The minimum Gasteiger partial charge on any atom is -0.391 e. The number of halogens is 3. The molecule has 6 heteroatoms. The summed E-state index contributed by atoms with van der Waals surface area (Å²) in [7, 11) is 0. The average molecular weight is 509 g/mol. The largest absolute Gasteiger partial charge is 0.416 e. The zero-order chi connectivity index (χ0) is 44.3. The summed E-state index contributed by atoms with van der Waals surface area (Å²) in [5.41, 5.74) is -5.76. The van der Waals surface area contributed by atoms with E-state index in [1.807, 2.05) is 0 Å². The molecule has 0 atom stereocenters. The first-order valence-electron chi connectivity index (χ1n) is 21.5. The summed E-state index contributed by atoms with van der Waals surface area (Å²) in [5.74, 6) is -5.86. The number of benzene rings is 2.